The van der Waals surface area contributed by atoms with Gasteiger partial charge in [0, 0.05) is 4.47 Å². The highest BCUT2D eigenvalue weighted by atomic mass is 79.9. The minimum Gasteiger partial charge on any atom is -0.330 e. The number of hydrogen-bond acceptors (Lipinski definition) is 3. The summed E-state index contributed by atoms with van der Waals surface area (Å²) in [7, 11) is -2.90. The first kappa shape index (κ1) is 14.9. The summed E-state index contributed by atoms with van der Waals surface area (Å²) in [6.07, 6.45) is 1.27. The highest BCUT2D eigenvalue weighted by Gasteiger charge is 2.33. The summed E-state index contributed by atoms with van der Waals surface area (Å²) in [6, 6.07) is 4.55. The van der Waals surface area contributed by atoms with E-state index in [0.29, 0.717) is 19.4 Å². The van der Waals surface area contributed by atoms with Crippen molar-refractivity contribution in [2.24, 2.45) is 17.6 Å². The Morgan fingerprint density at radius 2 is 2.21 bits per heavy atom. The molecule has 1 heterocycles. The number of hydrogen-bond donors (Lipinski definition) is 1. The van der Waals surface area contributed by atoms with Crippen LogP contribution in [0, 0.1) is 17.7 Å². The molecule has 0 bridgehead atoms. The van der Waals surface area contributed by atoms with Gasteiger partial charge in [-0.25, -0.2) is 12.8 Å². The quantitative estimate of drug-likeness (QED) is 0.905. The molecule has 2 atom stereocenters. The molecule has 1 aromatic carbocycles. The summed E-state index contributed by atoms with van der Waals surface area (Å²) in [5.74, 6) is 0.342. The Bertz CT molecular complexity index is 562. The van der Waals surface area contributed by atoms with Crippen molar-refractivity contribution < 1.29 is 12.8 Å². The summed E-state index contributed by atoms with van der Waals surface area (Å²) in [5.41, 5.74) is 6.62. The van der Waals surface area contributed by atoms with E-state index in [4.69, 9.17) is 5.73 Å². The molecule has 1 saturated heterocycles. The Hall–Kier alpha value is -0.460. The number of nitrogens with two attached hydrogens (primary N) is 1. The van der Waals surface area contributed by atoms with E-state index in [1.54, 1.807) is 6.07 Å². The molecule has 0 radical (unpaired) electrons. The molecule has 106 valence electrons. The molecular weight excluding hydrogens is 333 g/mol. The van der Waals surface area contributed by atoms with Gasteiger partial charge in [-0.05, 0) is 55.0 Å². The van der Waals surface area contributed by atoms with Crippen molar-refractivity contribution in [1.82, 2.24) is 0 Å². The number of rotatable bonds is 4. The Kier molecular flexibility index (Phi) is 4.63. The molecule has 1 fully saturated rings. The largest absolute Gasteiger partial charge is 0.330 e. The van der Waals surface area contributed by atoms with E-state index in [0.717, 1.165) is 10.0 Å². The zero-order chi connectivity index (χ0) is 14.0. The highest BCUT2D eigenvalue weighted by Crippen LogP contribution is 2.30. The van der Waals surface area contributed by atoms with Crippen LogP contribution in [-0.4, -0.2) is 26.5 Å². The van der Waals surface area contributed by atoms with Crippen LogP contribution < -0.4 is 5.73 Å². The minimum atomic E-state index is -2.90. The first-order valence-corrected chi connectivity index (χ1v) is 8.87. The number of benzene rings is 1. The molecule has 1 aromatic rings. The molecule has 19 heavy (non-hydrogen) atoms. The first-order valence-electron chi connectivity index (χ1n) is 6.25. The molecule has 2 rings (SSSR count). The van der Waals surface area contributed by atoms with E-state index >= 15 is 0 Å². The standard InChI is InChI=1S/C13H17BrFNO2S/c14-13-2-1-12(15)6-10(13)5-11(7-16)9-3-4-19(17,18)8-9/h1-2,6,9,11H,3-5,7-8,16H2. The average Bonchev–Trinajstić information content (AvgIpc) is 2.70. The molecule has 6 heteroatoms. The summed E-state index contributed by atoms with van der Waals surface area (Å²) in [4.78, 5) is 0. The van der Waals surface area contributed by atoms with Crippen LogP contribution in [0.1, 0.15) is 12.0 Å². The zero-order valence-electron chi connectivity index (χ0n) is 10.5. The van der Waals surface area contributed by atoms with Crippen LogP contribution in [0.3, 0.4) is 0 Å². The zero-order valence-corrected chi connectivity index (χ0v) is 12.9. The topological polar surface area (TPSA) is 60.2 Å². The minimum absolute atomic E-state index is 0.0791. The summed E-state index contributed by atoms with van der Waals surface area (Å²) in [5, 5.41) is 0. The molecule has 3 nitrogen and oxygen atoms in total. The molecule has 2 unspecified atom stereocenters. The van der Waals surface area contributed by atoms with E-state index in [9.17, 15) is 12.8 Å². The lowest BCUT2D eigenvalue weighted by Crippen LogP contribution is -2.26. The van der Waals surface area contributed by atoms with Crippen molar-refractivity contribution in [2.75, 3.05) is 18.1 Å². The normalized spacial score (nSPS) is 23.4. The lowest BCUT2D eigenvalue weighted by atomic mass is 9.86. The molecule has 0 saturated carbocycles. The van der Waals surface area contributed by atoms with Crippen molar-refractivity contribution in [2.45, 2.75) is 12.8 Å². The van der Waals surface area contributed by atoms with Gasteiger partial charge in [-0.2, -0.15) is 0 Å². The van der Waals surface area contributed by atoms with Gasteiger partial charge >= 0.3 is 0 Å². The fourth-order valence-electron chi connectivity index (χ4n) is 2.62. The van der Waals surface area contributed by atoms with Gasteiger partial charge in [0.05, 0.1) is 11.5 Å². The van der Waals surface area contributed by atoms with E-state index in [2.05, 4.69) is 15.9 Å². The van der Waals surface area contributed by atoms with Crippen LogP contribution in [0.2, 0.25) is 0 Å². The molecule has 0 aliphatic carbocycles. The Labute approximate surface area is 121 Å². The van der Waals surface area contributed by atoms with Crippen LogP contribution in [-0.2, 0) is 16.3 Å². The number of sulfone groups is 1. The second-order valence-corrected chi connectivity index (χ2v) is 8.18. The van der Waals surface area contributed by atoms with Crippen LogP contribution in [0.5, 0.6) is 0 Å². The van der Waals surface area contributed by atoms with Crippen molar-refractivity contribution in [3.63, 3.8) is 0 Å². The van der Waals surface area contributed by atoms with Gasteiger partial charge < -0.3 is 5.73 Å². The van der Waals surface area contributed by atoms with Gasteiger partial charge in [0.2, 0.25) is 0 Å². The maximum absolute atomic E-state index is 13.3. The second kappa shape index (κ2) is 5.89. The van der Waals surface area contributed by atoms with Crippen LogP contribution in [0.15, 0.2) is 22.7 Å². The lowest BCUT2D eigenvalue weighted by Gasteiger charge is -2.21. The summed E-state index contributed by atoms with van der Waals surface area (Å²) >= 11 is 3.39. The van der Waals surface area contributed by atoms with Gasteiger partial charge in [-0.1, -0.05) is 15.9 Å². The third-order valence-corrected chi connectivity index (χ3v) is 6.29. The molecule has 0 amide bonds. The average molecular weight is 350 g/mol. The first-order chi connectivity index (χ1) is 8.91. The lowest BCUT2D eigenvalue weighted by molar-refractivity contribution is 0.370. The third-order valence-electron chi connectivity index (χ3n) is 3.73. The maximum atomic E-state index is 13.3. The van der Waals surface area contributed by atoms with E-state index in [1.807, 2.05) is 0 Å². The van der Waals surface area contributed by atoms with Crippen molar-refractivity contribution in [3.05, 3.63) is 34.1 Å². The molecule has 1 aliphatic rings. The number of halogens is 2. The Balaban J connectivity index is 2.13. The van der Waals surface area contributed by atoms with Gasteiger partial charge in [-0.15, -0.1) is 0 Å². The summed E-state index contributed by atoms with van der Waals surface area (Å²) < 4.78 is 37.1. The SMILES string of the molecule is NCC(Cc1cc(F)ccc1Br)C1CCS(=O)(=O)C1. The fourth-order valence-corrected chi connectivity index (χ4v) is 4.95. The van der Waals surface area contributed by atoms with Gasteiger partial charge in [-0.3, -0.25) is 0 Å². The Morgan fingerprint density at radius 3 is 2.79 bits per heavy atom. The van der Waals surface area contributed by atoms with Crippen LogP contribution in [0.25, 0.3) is 0 Å². The molecule has 1 aliphatic heterocycles. The van der Waals surface area contributed by atoms with Crippen LogP contribution in [0.4, 0.5) is 4.39 Å². The monoisotopic (exact) mass is 349 g/mol. The molecule has 2 N–H and O–H groups in total. The van der Waals surface area contributed by atoms with Gasteiger partial charge in [0.15, 0.2) is 9.84 Å². The van der Waals surface area contributed by atoms with Gasteiger partial charge in [0.25, 0.3) is 0 Å². The van der Waals surface area contributed by atoms with E-state index < -0.39 is 9.84 Å². The smallest absolute Gasteiger partial charge is 0.150 e. The van der Waals surface area contributed by atoms with E-state index in [-0.39, 0.29) is 29.2 Å². The fraction of sp³-hybridized carbons (Fsp3) is 0.538. The second-order valence-electron chi connectivity index (χ2n) is 5.10. The predicted octanol–water partition coefficient (Wildman–Crippen LogP) is 2.14. The highest BCUT2D eigenvalue weighted by molar-refractivity contribution is 9.10. The third kappa shape index (κ3) is 3.77. The van der Waals surface area contributed by atoms with Crippen molar-refractivity contribution in [3.8, 4) is 0 Å². The van der Waals surface area contributed by atoms with Crippen LogP contribution >= 0.6 is 15.9 Å². The van der Waals surface area contributed by atoms with Gasteiger partial charge in [0.1, 0.15) is 5.82 Å². The Morgan fingerprint density at radius 1 is 1.47 bits per heavy atom. The summed E-state index contributed by atoms with van der Waals surface area (Å²) in [6.45, 7) is 0.420. The molecular formula is C13H17BrFNO2S. The van der Waals surface area contributed by atoms with E-state index in [1.165, 1.54) is 12.1 Å². The predicted molar refractivity (Wildman–Crippen MR) is 77.1 cm³/mol. The molecule has 0 aromatic heterocycles. The maximum Gasteiger partial charge on any atom is 0.150 e. The molecule has 0 spiro atoms. The van der Waals surface area contributed by atoms with Crippen molar-refractivity contribution >= 4 is 25.8 Å². The van der Waals surface area contributed by atoms with Crippen molar-refractivity contribution in [1.29, 1.82) is 0 Å².